The minimum atomic E-state index is 0.326. The van der Waals surface area contributed by atoms with E-state index in [1.807, 2.05) is 37.4 Å². The molecule has 0 atom stereocenters. The number of unbranched alkanes of at least 4 members (excludes halogenated alkanes) is 1. The summed E-state index contributed by atoms with van der Waals surface area (Å²) in [5.74, 6) is 0.326. The fourth-order valence-electron chi connectivity index (χ4n) is 2.00. The molecule has 0 unspecified atom stereocenters. The molecule has 90 valence electrons. The first-order valence-corrected chi connectivity index (χ1v) is 6.04. The fourth-order valence-corrected chi connectivity index (χ4v) is 2.00. The third kappa shape index (κ3) is 2.33. The summed E-state index contributed by atoms with van der Waals surface area (Å²) in [6.45, 7) is 2.14. The van der Waals surface area contributed by atoms with Crippen LogP contribution in [-0.4, -0.2) is 14.9 Å². The van der Waals surface area contributed by atoms with Crippen LogP contribution in [-0.2, 0) is 13.5 Å². The Morgan fingerprint density at radius 2 is 1.94 bits per heavy atom. The molecule has 0 aliphatic heterocycles. The number of hydrogen-bond donors (Lipinski definition) is 1. The molecule has 0 spiro atoms. The van der Waals surface area contributed by atoms with Crippen molar-refractivity contribution in [2.24, 2.45) is 7.05 Å². The van der Waals surface area contributed by atoms with Gasteiger partial charge in [0.05, 0.1) is 0 Å². The van der Waals surface area contributed by atoms with Gasteiger partial charge in [0.1, 0.15) is 11.4 Å². The summed E-state index contributed by atoms with van der Waals surface area (Å²) in [7, 11) is 1.87. The summed E-state index contributed by atoms with van der Waals surface area (Å²) in [5, 5.41) is 14.6. The highest BCUT2D eigenvalue weighted by Crippen LogP contribution is 2.32. The largest absolute Gasteiger partial charge is 0.504 e. The number of aromatic hydroxyl groups is 1. The van der Waals surface area contributed by atoms with Crippen LogP contribution in [0.2, 0.25) is 0 Å². The number of nitrogens with zero attached hydrogens (tertiary/aromatic N) is 2. The molecular formula is C14H18N2O. The van der Waals surface area contributed by atoms with Crippen molar-refractivity contribution in [3.05, 3.63) is 36.0 Å². The molecule has 2 rings (SSSR count). The Hall–Kier alpha value is -1.77. The Balaban J connectivity index is 2.38. The smallest absolute Gasteiger partial charge is 0.164 e. The van der Waals surface area contributed by atoms with E-state index in [0.717, 1.165) is 36.2 Å². The van der Waals surface area contributed by atoms with E-state index < -0.39 is 0 Å². The molecule has 0 bridgehead atoms. The Bertz CT molecular complexity index is 488. The maximum Gasteiger partial charge on any atom is 0.164 e. The molecule has 1 heterocycles. The Labute approximate surface area is 102 Å². The second-order valence-corrected chi connectivity index (χ2v) is 4.24. The molecule has 0 aliphatic rings. The predicted molar refractivity (Wildman–Crippen MR) is 68.9 cm³/mol. The summed E-state index contributed by atoms with van der Waals surface area (Å²) in [4.78, 5) is 0. The van der Waals surface area contributed by atoms with E-state index in [4.69, 9.17) is 0 Å². The summed E-state index contributed by atoms with van der Waals surface area (Å²) in [6.07, 6.45) is 3.00. The van der Waals surface area contributed by atoms with Crippen LogP contribution in [0.15, 0.2) is 30.3 Å². The second-order valence-electron chi connectivity index (χ2n) is 4.24. The summed E-state index contributed by atoms with van der Waals surface area (Å²) in [5.41, 5.74) is 2.60. The van der Waals surface area contributed by atoms with Crippen molar-refractivity contribution in [2.45, 2.75) is 26.2 Å². The zero-order valence-corrected chi connectivity index (χ0v) is 10.3. The number of hydrogen-bond acceptors (Lipinski definition) is 2. The molecule has 1 aromatic carbocycles. The molecule has 0 saturated carbocycles. The van der Waals surface area contributed by atoms with Crippen LogP contribution in [0.5, 0.6) is 5.75 Å². The molecule has 0 amide bonds. The zero-order chi connectivity index (χ0) is 12.3. The molecule has 1 aromatic heterocycles. The SMILES string of the molecule is CCCCc1nn(C)c(-c2ccccc2)c1O. The molecule has 0 fully saturated rings. The number of aromatic nitrogens is 2. The van der Waals surface area contributed by atoms with Gasteiger partial charge in [-0.3, -0.25) is 4.68 Å². The maximum absolute atomic E-state index is 10.2. The lowest BCUT2D eigenvalue weighted by molar-refractivity contribution is 0.468. The van der Waals surface area contributed by atoms with Crippen LogP contribution < -0.4 is 0 Å². The average Bonchev–Trinajstić information content (AvgIpc) is 2.63. The van der Waals surface area contributed by atoms with Crippen molar-refractivity contribution in [2.75, 3.05) is 0 Å². The van der Waals surface area contributed by atoms with E-state index in [9.17, 15) is 5.11 Å². The molecule has 17 heavy (non-hydrogen) atoms. The van der Waals surface area contributed by atoms with Crippen LogP contribution in [0.1, 0.15) is 25.5 Å². The van der Waals surface area contributed by atoms with Crippen molar-refractivity contribution < 1.29 is 5.11 Å². The molecule has 1 N–H and O–H groups in total. The van der Waals surface area contributed by atoms with Gasteiger partial charge >= 0.3 is 0 Å². The van der Waals surface area contributed by atoms with E-state index in [2.05, 4.69) is 12.0 Å². The number of rotatable bonds is 4. The maximum atomic E-state index is 10.2. The molecule has 3 nitrogen and oxygen atoms in total. The normalized spacial score (nSPS) is 10.7. The second kappa shape index (κ2) is 5.04. The first kappa shape index (κ1) is 11.7. The van der Waals surface area contributed by atoms with E-state index in [1.165, 1.54) is 0 Å². The molecule has 2 aromatic rings. The number of benzene rings is 1. The predicted octanol–water partition coefficient (Wildman–Crippen LogP) is 3.14. The topological polar surface area (TPSA) is 38.0 Å². The van der Waals surface area contributed by atoms with Gasteiger partial charge in [-0.2, -0.15) is 5.10 Å². The van der Waals surface area contributed by atoms with E-state index >= 15 is 0 Å². The highest BCUT2D eigenvalue weighted by molar-refractivity contribution is 5.67. The quantitative estimate of drug-likeness (QED) is 0.876. The van der Waals surface area contributed by atoms with Crippen LogP contribution in [0.25, 0.3) is 11.3 Å². The third-order valence-electron chi connectivity index (χ3n) is 2.91. The summed E-state index contributed by atoms with van der Waals surface area (Å²) >= 11 is 0. The van der Waals surface area contributed by atoms with Gasteiger partial charge in [0, 0.05) is 12.6 Å². The Morgan fingerprint density at radius 3 is 2.59 bits per heavy atom. The first-order chi connectivity index (χ1) is 8.24. The lowest BCUT2D eigenvalue weighted by Crippen LogP contribution is -1.94. The highest BCUT2D eigenvalue weighted by Gasteiger charge is 2.15. The van der Waals surface area contributed by atoms with Crippen LogP contribution in [0, 0.1) is 0 Å². The first-order valence-electron chi connectivity index (χ1n) is 6.04. The van der Waals surface area contributed by atoms with Crippen molar-refractivity contribution in [1.29, 1.82) is 0 Å². The van der Waals surface area contributed by atoms with Gasteiger partial charge < -0.3 is 5.11 Å². The minimum Gasteiger partial charge on any atom is -0.504 e. The van der Waals surface area contributed by atoms with Crippen molar-refractivity contribution >= 4 is 0 Å². The van der Waals surface area contributed by atoms with Gasteiger partial charge in [-0.15, -0.1) is 0 Å². The van der Waals surface area contributed by atoms with E-state index in [0.29, 0.717) is 5.75 Å². The van der Waals surface area contributed by atoms with Crippen molar-refractivity contribution in [1.82, 2.24) is 9.78 Å². The van der Waals surface area contributed by atoms with E-state index in [1.54, 1.807) is 4.68 Å². The molecular weight excluding hydrogens is 212 g/mol. The Kier molecular flexibility index (Phi) is 3.47. The zero-order valence-electron chi connectivity index (χ0n) is 10.3. The lowest BCUT2D eigenvalue weighted by atomic mass is 10.1. The van der Waals surface area contributed by atoms with Gasteiger partial charge in [0.2, 0.25) is 0 Å². The lowest BCUT2D eigenvalue weighted by Gasteiger charge is -2.01. The average molecular weight is 230 g/mol. The Morgan fingerprint density at radius 1 is 1.24 bits per heavy atom. The van der Waals surface area contributed by atoms with Gasteiger partial charge in [-0.25, -0.2) is 0 Å². The van der Waals surface area contributed by atoms with Gasteiger partial charge in [-0.05, 0) is 12.8 Å². The summed E-state index contributed by atoms with van der Waals surface area (Å²) in [6, 6.07) is 9.87. The minimum absolute atomic E-state index is 0.326. The van der Waals surface area contributed by atoms with Crippen LogP contribution in [0.3, 0.4) is 0 Å². The van der Waals surface area contributed by atoms with E-state index in [-0.39, 0.29) is 0 Å². The standard InChI is InChI=1S/C14H18N2O/c1-3-4-10-12-14(17)13(16(2)15-12)11-8-6-5-7-9-11/h5-9,17H,3-4,10H2,1-2H3. The molecule has 0 saturated heterocycles. The van der Waals surface area contributed by atoms with Crippen LogP contribution >= 0.6 is 0 Å². The third-order valence-corrected chi connectivity index (χ3v) is 2.91. The fraction of sp³-hybridized carbons (Fsp3) is 0.357. The monoisotopic (exact) mass is 230 g/mol. The van der Waals surface area contributed by atoms with Crippen LogP contribution in [0.4, 0.5) is 0 Å². The summed E-state index contributed by atoms with van der Waals surface area (Å²) < 4.78 is 1.76. The number of aryl methyl sites for hydroxylation is 2. The van der Waals surface area contributed by atoms with Crippen molar-refractivity contribution in [3.8, 4) is 17.0 Å². The molecule has 3 heteroatoms. The molecule has 0 radical (unpaired) electrons. The van der Waals surface area contributed by atoms with Gasteiger partial charge in [-0.1, -0.05) is 43.7 Å². The highest BCUT2D eigenvalue weighted by atomic mass is 16.3. The molecule has 0 aliphatic carbocycles. The van der Waals surface area contributed by atoms with Gasteiger partial charge in [0.15, 0.2) is 5.75 Å². The van der Waals surface area contributed by atoms with Crippen molar-refractivity contribution in [3.63, 3.8) is 0 Å². The van der Waals surface area contributed by atoms with Gasteiger partial charge in [0.25, 0.3) is 0 Å².